The molecule has 2 N–H and O–H groups in total. The standard InChI is InChI=1S/C7H17N2O2S/c1-4-5-6-9-7(2)12(10,11)8-3/h7-9H,2,4-6H2,1,3H3. The van der Waals surface area contributed by atoms with Gasteiger partial charge >= 0.3 is 0 Å². The molecule has 0 fully saturated rings. The van der Waals surface area contributed by atoms with Crippen molar-refractivity contribution in [3.8, 4) is 0 Å². The first-order chi connectivity index (χ1) is 5.54. The van der Waals surface area contributed by atoms with Gasteiger partial charge in [-0.2, -0.15) is 0 Å². The normalized spacial score (nSPS) is 14.6. The summed E-state index contributed by atoms with van der Waals surface area (Å²) >= 11 is 0. The highest BCUT2D eigenvalue weighted by Crippen LogP contribution is 1.92. The van der Waals surface area contributed by atoms with Crippen molar-refractivity contribution in [3.63, 3.8) is 0 Å². The molecular weight excluding hydrogens is 176 g/mol. The molecule has 0 aliphatic heterocycles. The quantitative estimate of drug-likeness (QED) is 0.588. The molecule has 0 bridgehead atoms. The lowest BCUT2D eigenvalue weighted by Crippen LogP contribution is -2.40. The predicted molar refractivity (Wildman–Crippen MR) is 50.0 cm³/mol. The van der Waals surface area contributed by atoms with Crippen LogP contribution < -0.4 is 10.0 Å². The van der Waals surface area contributed by atoms with E-state index in [1.54, 1.807) is 0 Å². The van der Waals surface area contributed by atoms with Crippen LogP contribution in [0.1, 0.15) is 19.8 Å². The molecule has 0 saturated heterocycles. The van der Waals surface area contributed by atoms with E-state index in [4.69, 9.17) is 0 Å². The summed E-state index contributed by atoms with van der Waals surface area (Å²) in [4.78, 5) is 0. The highest BCUT2D eigenvalue weighted by molar-refractivity contribution is 7.90. The third-order valence-electron chi connectivity index (χ3n) is 1.56. The maximum Gasteiger partial charge on any atom is 0.227 e. The average Bonchev–Trinajstić information content (AvgIpc) is 2.05. The Morgan fingerprint density at radius 2 is 2.08 bits per heavy atom. The van der Waals surface area contributed by atoms with Gasteiger partial charge in [0.15, 0.2) is 0 Å². The summed E-state index contributed by atoms with van der Waals surface area (Å²) in [6, 6.07) is 0. The van der Waals surface area contributed by atoms with Crippen LogP contribution in [0.3, 0.4) is 0 Å². The number of nitrogens with one attached hydrogen (secondary N) is 2. The Morgan fingerprint density at radius 3 is 2.50 bits per heavy atom. The van der Waals surface area contributed by atoms with Gasteiger partial charge in [0.1, 0.15) is 5.37 Å². The van der Waals surface area contributed by atoms with Crippen molar-refractivity contribution in [3.05, 3.63) is 6.92 Å². The fourth-order valence-corrected chi connectivity index (χ4v) is 1.31. The van der Waals surface area contributed by atoms with E-state index in [2.05, 4.69) is 17.0 Å². The molecule has 0 aliphatic rings. The second kappa shape index (κ2) is 5.50. The molecule has 0 aromatic heterocycles. The first kappa shape index (κ1) is 11.9. The van der Waals surface area contributed by atoms with Crippen LogP contribution in [0.4, 0.5) is 0 Å². The van der Waals surface area contributed by atoms with E-state index < -0.39 is 15.4 Å². The molecule has 0 spiro atoms. The number of rotatable bonds is 6. The summed E-state index contributed by atoms with van der Waals surface area (Å²) in [5.41, 5.74) is 0. The lowest BCUT2D eigenvalue weighted by Gasteiger charge is -2.12. The zero-order chi connectivity index (χ0) is 9.61. The highest BCUT2D eigenvalue weighted by atomic mass is 32.2. The first-order valence-corrected chi connectivity index (χ1v) is 5.58. The van der Waals surface area contributed by atoms with E-state index in [-0.39, 0.29) is 0 Å². The summed E-state index contributed by atoms with van der Waals surface area (Å²) in [6.45, 7) is 6.22. The maximum atomic E-state index is 11.1. The summed E-state index contributed by atoms with van der Waals surface area (Å²) in [7, 11) is -1.87. The van der Waals surface area contributed by atoms with Crippen LogP contribution >= 0.6 is 0 Å². The third kappa shape index (κ3) is 4.04. The molecule has 12 heavy (non-hydrogen) atoms. The molecule has 0 aliphatic carbocycles. The third-order valence-corrected chi connectivity index (χ3v) is 3.05. The van der Waals surface area contributed by atoms with Crippen LogP contribution in [0.15, 0.2) is 0 Å². The molecule has 1 unspecified atom stereocenters. The van der Waals surface area contributed by atoms with E-state index in [0.717, 1.165) is 12.8 Å². The molecule has 0 rings (SSSR count). The van der Waals surface area contributed by atoms with E-state index >= 15 is 0 Å². The lowest BCUT2D eigenvalue weighted by atomic mass is 10.3. The van der Waals surface area contributed by atoms with Gasteiger partial charge in [0.2, 0.25) is 10.0 Å². The zero-order valence-electron chi connectivity index (χ0n) is 7.63. The van der Waals surface area contributed by atoms with Gasteiger partial charge < -0.3 is 5.32 Å². The monoisotopic (exact) mass is 193 g/mol. The van der Waals surface area contributed by atoms with Gasteiger partial charge in [-0.25, -0.2) is 13.1 Å². The van der Waals surface area contributed by atoms with Gasteiger partial charge in [-0.1, -0.05) is 13.3 Å². The maximum absolute atomic E-state index is 11.1. The smallest absolute Gasteiger partial charge is 0.227 e. The second-order valence-electron chi connectivity index (χ2n) is 2.55. The number of hydrogen-bond donors (Lipinski definition) is 2. The van der Waals surface area contributed by atoms with Crippen LogP contribution in [0.2, 0.25) is 0 Å². The molecule has 4 nitrogen and oxygen atoms in total. The van der Waals surface area contributed by atoms with Crippen molar-refractivity contribution in [2.45, 2.75) is 25.1 Å². The fraction of sp³-hybridized carbons (Fsp3) is 0.857. The van der Waals surface area contributed by atoms with E-state index in [1.165, 1.54) is 7.05 Å². The van der Waals surface area contributed by atoms with Crippen molar-refractivity contribution in [1.82, 2.24) is 10.0 Å². The van der Waals surface area contributed by atoms with Gasteiger partial charge in [-0.05, 0) is 26.9 Å². The van der Waals surface area contributed by atoms with Crippen molar-refractivity contribution < 1.29 is 8.42 Å². The van der Waals surface area contributed by atoms with Crippen LogP contribution in [-0.2, 0) is 10.0 Å². The Labute approximate surface area is 74.8 Å². The molecule has 73 valence electrons. The van der Waals surface area contributed by atoms with Gasteiger partial charge in [-0.3, -0.25) is 0 Å². The first-order valence-electron chi connectivity index (χ1n) is 4.03. The van der Waals surface area contributed by atoms with Crippen LogP contribution in [0.5, 0.6) is 0 Å². The molecule has 0 saturated carbocycles. The Kier molecular flexibility index (Phi) is 5.44. The molecule has 1 radical (unpaired) electrons. The molecule has 5 heteroatoms. The second-order valence-corrected chi connectivity index (χ2v) is 4.61. The van der Waals surface area contributed by atoms with Crippen LogP contribution in [0.25, 0.3) is 0 Å². The van der Waals surface area contributed by atoms with Crippen molar-refractivity contribution >= 4 is 10.0 Å². The van der Waals surface area contributed by atoms with Crippen molar-refractivity contribution in [2.24, 2.45) is 0 Å². The molecule has 0 amide bonds. The van der Waals surface area contributed by atoms with Crippen molar-refractivity contribution in [2.75, 3.05) is 13.6 Å². The molecule has 0 aromatic rings. The van der Waals surface area contributed by atoms with Gasteiger partial charge in [0, 0.05) is 0 Å². The number of unbranched alkanes of at least 4 members (excludes halogenated alkanes) is 1. The fourth-order valence-electron chi connectivity index (χ4n) is 0.692. The molecule has 0 aromatic carbocycles. The SMILES string of the molecule is [CH2]C(NCCCC)S(=O)(=O)NC. The van der Waals surface area contributed by atoms with Gasteiger partial charge in [-0.15, -0.1) is 0 Å². The summed E-state index contributed by atoms with van der Waals surface area (Å²) in [5, 5.41) is 2.06. The average molecular weight is 193 g/mol. The Hall–Kier alpha value is -0.130. The predicted octanol–water partition coefficient (Wildman–Crippen LogP) is 0.0855. The summed E-state index contributed by atoms with van der Waals surface area (Å²) in [5.74, 6) is 0. The Bertz CT molecular complexity index is 201. The van der Waals surface area contributed by atoms with Crippen LogP contribution in [0, 0.1) is 6.92 Å². The van der Waals surface area contributed by atoms with E-state index in [0.29, 0.717) is 6.54 Å². The number of sulfonamides is 1. The molecule has 1 atom stereocenters. The lowest BCUT2D eigenvalue weighted by molar-refractivity contribution is 0.557. The molecule has 0 heterocycles. The molecular formula is C7H17N2O2S. The summed E-state index contributed by atoms with van der Waals surface area (Å²) in [6.07, 6.45) is 2.00. The topological polar surface area (TPSA) is 58.2 Å². The minimum atomic E-state index is -3.25. The number of hydrogen-bond acceptors (Lipinski definition) is 3. The van der Waals surface area contributed by atoms with Gasteiger partial charge in [0.25, 0.3) is 0 Å². The Morgan fingerprint density at radius 1 is 1.50 bits per heavy atom. The minimum Gasteiger partial charge on any atom is -0.300 e. The van der Waals surface area contributed by atoms with E-state index in [9.17, 15) is 8.42 Å². The van der Waals surface area contributed by atoms with Crippen molar-refractivity contribution in [1.29, 1.82) is 0 Å². The van der Waals surface area contributed by atoms with Gasteiger partial charge in [0.05, 0.1) is 0 Å². The van der Waals surface area contributed by atoms with Crippen LogP contribution in [-0.4, -0.2) is 27.4 Å². The zero-order valence-corrected chi connectivity index (χ0v) is 8.45. The minimum absolute atomic E-state index is 0.686. The Balaban J connectivity index is 3.80. The van der Waals surface area contributed by atoms with E-state index in [1.807, 2.05) is 6.92 Å². The highest BCUT2D eigenvalue weighted by Gasteiger charge is 2.16. The summed E-state index contributed by atoms with van der Waals surface area (Å²) < 4.78 is 24.3. The largest absolute Gasteiger partial charge is 0.300 e.